The van der Waals surface area contributed by atoms with Gasteiger partial charge < -0.3 is 19.9 Å². The van der Waals surface area contributed by atoms with E-state index in [4.69, 9.17) is 4.74 Å². The van der Waals surface area contributed by atoms with Gasteiger partial charge >= 0.3 is 0 Å². The second-order valence-corrected chi connectivity index (χ2v) is 9.83. The van der Waals surface area contributed by atoms with E-state index in [0.717, 1.165) is 48.9 Å². The fraction of sp³-hybridized carbons (Fsp3) is 0.310. The highest BCUT2D eigenvalue weighted by atomic mass is 16.5. The molecule has 1 aliphatic heterocycles. The van der Waals surface area contributed by atoms with E-state index in [1.165, 1.54) is 0 Å². The summed E-state index contributed by atoms with van der Waals surface area (Å²) in [7, 11) is 0. The summed E-state index contributed by atoms with van der Waals surface area (Å²) in [6, 6.07) is 25.0. The third-order valence-corrected chi connectivity index (χ3v) is 6.06. The van der Waals surface area contributed by atoms with Gasteiger partial charge in [-0.05, 0) is 54.1 Å². The Hall–Kier alpha value is -3.80. The molecule has 2 amide bonds. The monoisotopic (exact) mass is 471 g/mol. The summed E-state index contributed by atoms with van der Waals surface area (Å²) >= 11 is 0. The first-order chi connectivity index (χ1) is 16.8. The number of nitrogens with zero attached hydrogens (tertiary/aromatic N) is 2. The number of hydrogen-bond acceptors (Lipinski definition) is 4. The molecule has 3 aromatic carbocycles. The zero-order chi connectivity index (χ0) is 24.8. The Balaban J connectivity index is 1.28. The number of hydrogen-bond donors (Lipinski definition) is 1. The quantitative estimate of drug-likeness (QED) is 0.536. The van der Waals surface area contributed by atoms with Gasteiger partial charge in [0, 0.05) is 48.5 Å². The van der Waals surface area contributed by atoms with Crippen LogP contribution in [0, 0.1) is 5.41 Å². The lowest BCUT2D eigenvalue weighted by Crippen LogP contribution is -2.51. The third-order valence-electron chi connectivity index (χ3n) is 6.06. The van der Waals surface area contributed by atoms with Crippen LogP contribution in [0.5, 0.6) is 5.75 Å². The number of carbonyl (C=O) groups is 2. The molecule has 4 rings (SSSR count). The van der Waals surface area contributed by atoms with Crippen LogP contribution in [0.15, 0.2) is 78.9 Å². The molecular weight excluding hydrogens is 438 g/mol. The zero-order valence-electron chi connectivity index (χ0n) is 20.7. The number of rotatable bonds is 6. The first-order valence-electron chi connectivity index (χ1n) is 12.0. The molecule has 1 N–H and O–H groups in total. The van der Waals surface area contributed by atoms with Crippen LogP contribution < -0.4 is 15.0 Å². The van der Waals surface area contributed by atoms with Crippen molar-refractivity contribution in [3.8, 4) is 5.75 Å². The fourth-order valence-electron chi connectivity index (χ4n) is 4.04. The van der Waals surface area contributed by atoms with Crippen molar-refractivity contribution >= 4 is 23.2 Å². The van der Waals surface area contributed by atoms with E-state index in [0.29, 0.717) is 12.2 Å². The first-order valence-corrected chi connectivity index (χ1v) is 12.0. The number of carbonyl (C=O) groups excluding carboxylic acids is 2. The molecular formula is C29H33N3O3. The van der Waals surface area contributed by atoms with Gasteiger partial charge in [0.05, 0.1) is 0 Å². The summed E-state index contributed by atoms with van der Waals surface area (Å²) in [5.74, 6) is 0.756. The second kappa shape index (κ2) is 10.6. The summed E-state index contributed by atoms with van der Waals surface area (Å²) in [5, 5.41) is 2.95. The third kappa shape index (κ3) is 6.41. The van der Waals surface area contributed by atoms with Gasteiger partial charge in [0.25, 0.3) is 5.91 Å². The van der Waals surface area contributed by atoms with Crippen LogP contribution >= 0.6 is 0 Å². The number of anilines is 2. The highest BCUT2D eigenvalue weighted by Gasteiger charge is 2.29. The minimum atomic E-state index is -0.350. The van der Waals surface area contributed by atoms with E-state index in [-0.39, 0.29) is 17.2 Å². The van der Waals surface area contributed by atoms with Crippen LogP contribution in [0.25, 0.3) is 0 Å². The largest absolute Gasteiger partial charge is 0.489 e. The Morgan fingerprint density at radius 2 is 1.46 bits per heavy atom. The van der Waals surface area contributed by atoms with Crippen LogP contribution in [-0.4, -0.2) is 42.9 Å². The van der Waals surface area contributed by atoms with Gasteiger partial charge in [-0.15, -0.1) is 0 Å². The highest BCUT2D eigenvalue weighted by Crippen LogP contribution is 2.23. The van der Waals surface area contributed by atoms with Crippen molar-refractivity contribution < 1.29 is 14.3 Å². The number of amides is 2. The summed E-state index contributed by atoms with van der Waals surface area (Å²) in [6.07, 6.45) is 0. The number of nitrogens with one attached hydrogen (secondary N) is 1. The molecule has 0 unspecified atom stereocenters. The highest BCUT2D eigenvalue weighted by molar-refractivity contribution is 6.04. The molecule has 0 radical (unpaired) electrons. The number of ether oxygens (including phenoxy) is 1. The van der Waals surface area contributed by atoms with Gasteiger partial charge in [-0.1, -0.05) is 51.1 Å². The van der Waals surface area contributed by atoms with Crippen LogP contribution in [0.2, 0.25) is 0 Å². The Morgan fingerprint density at radius 3 is 2.06 bits per heavy atom. The molecule has 0 saturated carbocycles. The van der Waals surface area contributed by atoms with Crippen molar-refractivity contribution in [1.29, 1.82) is 0 Å². The average molecular weight is 472 g/mol. The average Bonchev–Trinajstić information content (AvgIpc) is 2.88. The normalized spacial score (nSPS) is 13.9. The molecule has 1 fully saturated rings. The molecule has 1 saturated heterocycles. The summed E-state index contributed by atoms with van der Waals surface area (Å²) in [5.41, 5.74) is 3.15. The van der Waals surface area contributed by atoms with Gasteiger partial charge in [-0.2, -0.15) is 0 Å². The van der Waals surface area contributed by atoms with Gasteiger partial charge in [-0.25, -0.2) is 0 Å². The molecule has 0 bridgehead atoms. The maximum absolute atomic E-state index is 12.7. The Kier molecular flexibility index (Phi) is 7.39. The van der Waals surface area contributed by atoms with Crippen LogP contribution in [0.3, 0.4) is 0 Å². The minimum absolute atomic E-state index is 0.165. The maximum atomic E-state index is 12.7. The molecule has 35 heavy (non-hydrogen) atoms. The Labute approximate surface area is 207 Å². The maximum Gasteiger partial charge on any atom is 0.255 e. The molecule has 182 valence electrons. The molecule has 0 spiro atoms. The molecule has 3 aromatic rings. The summed E-state index contributed by atoms with van der Waals surface area (Å²) in [4.78, 5) is 29.4. The van der Waals surface area contributed by atoms with Gasteiger partial charge in [-0.3, -0.25) is 9.59 Å². The molecule has 1 aliphatic rings. The van der Waals surface area contributed by atoms with Gasteiger partial charge in [0.15, 0.2) is 0 Å². The molecule has 1 heterocycles. The minimum Gasteiger partial charge on any atom is -0.489 e. The molecule has 6 nitrogen and oxygen atoms in total. The van der Waals surface area contributed by atoms with Gasteiger partial charge in [0.2, 0.25) is 5.91 Å². The Bertz CT molecular complexity index is 1130. The second-order valence-electron chi connectivity index (χ2n) is 9.83. The van der Waals surface area contributed by atoms with Crippen molar-refractivity contribution in [2.75, 3.05) is 36.4 Å². The summed E-state index contributed by atoms with van der Waals surface area (Å²) < 4.78 is 5.79. The van der Waals surface area contributed by atoms with Crippen molar-refractivity contribution in [2.45, 2.75) is 27.4 Å². The lowest BCUT2D eigenvalue weighted by atomic mass is 9.94. The standard InChI is InChI=1S/C29H33N3O3/c1-29(2,3)28(34)32-19-17-31(18-20-32)25-13-11-24(12-14-25)30-27(33)23-9-15-26(16-10-23)35-21-22-7-5-4-6-8-22/h4-16H,17-21H2,1-3H3,(H,30,33). The van der Waals surface area contributed by atoms with Crippen LogP contribution in [-0.2, 0) is 11.4 Å². The lowest BCUT2D eigenvalue weighted by molar-refractivity contribution is -0.139. The van der Waals surface area contributed by atoms with E-state index in [1.54, 1.807) is 12.1 Å². The van der Waals surface area contributed by atoms with E-state index < -0.39 is 0 Å². The van der Waals surface area contributed by atoms with Crippen LogP contribution in [0.4, 0.5) is 11.4 Å². The van der Waals surface area contributed by atoms with Crippen molar-refractivity contribution in [3.63, 3.8) is 0 Å². The Morgan fingerprint density at radius 1 is 0.829 bits per heavy atom. The molecule has 0 aliphatic carbocycles. The molecule has 0 atom stereocenters. The molecule has 6 heteroatoms. The summed E-state index contributed by atoms with van der Waals surface area (Å²) in [6.45, 7) is 9.41. The van der Waals surface area contributed by atoms with Crippen molar-refractivity contribution in [1.82, 2.24) is 4.90 Å². The predicted octanol–water partition coefficient (Wildman–Crippen LogP) is 5.21. The predicted molar refractivity (Wildman–Crippen MR) is 140 cm³/mol. The van der Waals surface area contributed by atoms with Crippen molar-refractivity contribution in [3.05, 3.63) is 90.0 Å². The van der Waals surface area contributed by atoms with Crippen LogP contribution in [0.1, 0.15) is 36.7 Å². The van der Waals surface area contributed by atoms with E-state index in [2.05, 4.69) is 10.2 Å². The first kappa shape index (κ1) is 24.3. The van der Waals surface area contributed by atoms with E-state index in [9.17, 15) is 9.59 Å². The number of piperazine rings is 1. The van der Waals surface area contributed by atoms with E-state index >= 15 is 0 Å². The SMILES string of the molecule is CC(C)(C)C(=O)N1CCN(c2ccc(NC(=O)c3ccc(OCc4ccccc4)cc3)cc2)CC1. The zero-order valence-corrected chi connectivity index (χ0v) is 20.7. The topological polar surface area (TPSA) is 61.9 Å². The smallest absolute Gasteiger partial charge is 0.255 e. The van der Waals surface area contributed by atoms with E-state index in [1.807, 2.05) is 92.4 Å². The number of benzene rings is 3. The molecule has 0 aromatic heterocycles. The van der Waals surface area contributed by atoms with Gasteiger partial charge in [0.1, 0.15) is 12.4 Å². The lowest BCUT2D eigenvalue weighted by Gasteiger charge is -2.38. The fourth-order valence-corrected chi connectivity index (χ4v) is 4.04. The van der Waals surface area contributed by atoms with Crippen molar-refractivity contribution in [2.24, 2.45) is 5.41 Å².